The Morgan fingerprint density at radius 3 is 2.12 bits per heavy atom. The van der Waals surface area contributed by atoms with Gasteiger partial charge < -0.3 is 0 Å². The van der Waals surface area contributed by atoms with E-state index in [9.17, 15) is 8.78 Å². The van der Waals surface area contributed by atoms with Gasteiger partial charge in [0.1, 0.15) is 11.6 Å². The lowest BCUT2D eigenvalue weighted by Gasteiger charge is -2.32. The van der Waals surface area contributed by atoms with Gasteiger partial charge in [-0.2, -0.15) is 0 Å². The summed E-state index contributed by atoms with van der Waals surface area (Å²) in [5, 5.41) is 0. The highest BCUT2D eigenvalue weighted by atomic mass is 19.1. The molecule has 1 fully saturated rings. The zero-order valence-electron chi connectivity index (χ0n) is 15.3. The summed E-state index contributed by atoms with van der Waals surface area (Å²) in [6.45, 7) is 4.51. The van der Waals surface area contributed by atoms with Crippen molar-refractivity contribution in [3.8, 4) is 11.1 Å². The first-order chi connectivity index (χ1) is 12.1. The van der Waals surface area contributed by atoms with Crippen molar-refractivity contribution < 1.29 is 8.78 Å². The highest BCUT2D eigenvalue weighted by Crippen LogP contribution is 2.36. The van der Waals surface area contributed by atoms with Gasteiger partial charge in [0, 0.05) is 0 Å². The van der Waals surface area contributed by atoms with E-state index < -0.39 is 11.6 Å². The standard InChI is InChI=1S/C23H28F2/c1-3-17-9-11-19(12-10-17)16(2)13-18-14-21(24)23(22(25)15-18)20-7-5-4-6-8-20/h4-8,14-17,19H,3,9-13H2,1-2H3. The minimum atomic E-state index is -0.455. The second-order valence-corrected chi connectivity index (χ2v) is 7.67. The predicted octanol–water partition coefficient (Wildman–Crippen LogP) is 7.03. The summed E-state index contributed by atoms with van der Waals surface area (Å²) in [6.07, 6.45) is 7.16. The molecule has 1 unspecified atom stereocenters. The third-order valence-electron chi connectivity index (χ3n) is 6.00. The highest BCUT2D eigenvalue weighted by molar-refractivity contribution is 5.65. The zero-order valence-corrected chi connectivity index (χ0v) is 15.3. The molecule has 1 aliphatic carbocycles. The molecule has 2 heteroatoms. The molecule has 2 aromatic rings. The molecule has 0 amide bonds. The van der Waals surface area contributed by atoms with Crippen molar-refractivity contribution in [2.24, 2.45) is 17.8 Å². The molecule has 1 aliphatic rings. The van der Waals surface area contributed by atoms with Crippen LogP contribution in [0.15, 0.2) is 42.5 Å². The van der Waals surface area contributed by atoms with E-state index in [1.807, 2.05) is 6.07 Å². The van der Waals surface area contributed by atoms with Crippen LogP contribution in [-0.2, 0) is 6.42 Å². The maximum atomic E-state index is 14.5. The van der Waals surface area contributed by atoms with Crippen LogP contribution >= 0.6 is 0 Å². The molecule has 0 radical (unpaired) electrons. The van der Waals surface area contributed by atoms with Crippen LogP contribution < -0.4 is 0 Å². The van der Waals surface area contributed by atoms with Crippen molar-refractivity contribution >= 4 is 0 Å². The fraction of sp³-hybridized carbons (Fsp3) is 0.478. The van der Waals surface area contributed by atoms with Gasteiger partial charge >= 0.3 is 0 Å². The summed E-state index contributed by atoms with van der Waals surface area (Å²) in [5.41, 5.74) is 1.45. The topological polar surface area (TPSA) is 0 Å². The zero-order chi connectivity index (χ0) is 17.8. The van der Waals surface area contributed by atoms with Crippen molar-refractivity contribution in [3.63, 3.8) is 0 Å². The highest BCUT2D eigenvalue weighted by Gasteiger charge is 2.25. The van der Waals surface area contributed by atoms with E-state index >= 15 is 0 Å². The quantitative estimate of drug-likeness (QED) is 0.547. The summed E-state index contributed by atoms with van der Waals surface area (Å²) in [7, 11) is 0. The number of hydrogen-bond donors (Lipinski definition) is 0. The van der Waals surface area contributed by atoms with Crippen molar-refractivity contribution in [2.75, 3.05) is 0 Å². The van der Waals surface area contributed by atoms with E-state index in [1.165, 1.54) is 44.2 Å². The fourth-order valence-electron chi connectivity index (χ4n) is 4.33. The molecule has 0 aromatic heterocycles. The van der Waals surface area contributed by atoms with Crippen LogP contribution in [-0.4, -0.2) is 0 Å². The van der Waals surface area contributed by atoms with Crippen LogP contribution in [0.4, 0.5) is 8.78 Å². The summed E-state index contributed by atoms with van der Waals surface area (Å²) in [6, 6.07) is 12.0. The van der Waals surface area contributed by atoms with Crippen LogP contribution in [0.1, 0.15) is 51.5 Å². The van der Waals surface area contributed by atoms with Crippen molar-refractivity contribution in [1.29, 1.82) is 0 Å². The Morgan fingerprint density at radius 2 is 1.56 bits per heavy atom. The molecule has 0 aliphatic heterocycles. The molecule has 25 heavy (non-hydrogen) atoms. The Bertz CT molecular complexity index is 661. The number of hydrogen-bond acceptors (Lipinski definition) is 0. The van der Waals surface area contributed by atoms with Gasteiger partial charge in [0.15, 0.2) is 0 Å². The van der Waals surface area contributed by atoms with Crippen molar-refractivity contribution in [2.45, 2.75) is 52.4 Å². The molecular weight excluding hydrogens is 314 g/mol. The molecule has 0 nitrogen and oxygen atoms in total. The normalized spacial score (nSPS) is 21.9. The van der Waals surface area contributed by atoms with Gasteiger partial charge in [-0.3, -0.25) is 0 Å². The lowest BCUT2D eigenvalue weighted by atomic mass is 9.74. The number of benzene rings is 2. The van der Waals surface area contributed by atoms with Crippen molar-refractivity contribution in [3.05, 3.63) is 59.7 Å². The second kappa shape index (κ2) is 8.12. The molecule has 1 atom stereocenters. The summed E-state index contributed by atoms with van der Waals surface area (Å²) in [5.74, 6) is 1.12. The third-order valence-corrected chi connectivity index (χ3v) is 6.00. The Morgan fingerprint density at radius 1 is 0.960 bits per heavy atom. The van der Waals surface area contributed by atoms with Gasteiger partial charge in [-0.05, 0) is 60.3 Å². The second-order valence-electron chi connectivity index (χ2n) is 7.67. The molecule has 3 rings (SSSR count). The first kappa shape index (κ1) is 18.1. The molecule has 1 saturated carbocycles. The molecule has 0 bridgehead atoms. The van der Waals surface area contributed by atoms with Crippen LogP contribution in [0.5, 0.6) is 0 Å². The van der Waals surface area contributed by atoms with Gasteiger partial charge in [0.25, 0.3) is 0 Å². The van der Waals surface area contributed by atoms with Crippen LogP contribution in [0.25, 0.3) is 11.1 Å². The van der Waals surface area contributed by atoms with Crippen molar-refractivity contribution in [1.82, 2.24) is 0 Å². The van der Waals surface area contributed by atoms with Gasteiger partial charge in [0.05, 0.1) is 5.56 Å². The molecule has 0 spiro atoms. The van der Waals surface area contributed by atoms with Gasteiger partial charge in [-0.15, -0.1) is 0 Å². The smallest absolute Gasteiger partial charge is 0.134 e. The Balaban J connectivity index is 1.71. The van der Waals surface area contributed by atoms with E-state index in [0.717, 1.165) is 17.9 Å². The average molecular weight is 342 g/mol. The largest absolute Gasteiger partial charge is 0.206 e. The molecular formula is C23H28F2. The van der Waals surface area contributed by atoms with E-state index in [0.29, 0.717) is 17.4 Å². The molecule has 0 saturated heterocycles. The molecule has 0 heterocycles. The molecule has 134 valence electrons. The maximum absolute atomic E-state index is 14.5. The SMILES string of the molecule is CCC1CCC(C(C)Cc2cc(F)c(-c3ccccc3)c(F)c2)CC1. The fourth-order valence-corrected chi connectivity index (χ4v) is 4.33. The Labute approximate surface area is 150 Å². The average Bonchev–Trinajstić information content (AvgIpc) is 2.62. The first-order valence-electron chi connectivity index (χ1n) is 9.61. The van der Waals surface area contributed by atoms with Crippen LogP contribution in [0.3, 0.4) is 0 Å². The minimum Gasteiger partial charge on any atom is -0.206 e. The summed E-state index contributed by atoms with van der Waals surface area (Å²) < 4.78 is 29.1. The Kier molecular flexibility index (Phi) is 5.88. The van der Waals surface area contributed by atoms with Gasteiger partial charge in [-0.1, -0.05) is 63.4 Å². The third kappa shape index (κ3) is 4.29. The maximum Gasteiger partial charge on any atom is 0.134 e. The summed E-state index contributed by atoms with van der Waals surface area (Å²) in [4.78, 5) is 0. The van der Waals surface area contributed by atoms with E-state index in [4.69, 9.17) is 0 Å². The summed E-state index contributed by atoms with van der Waals surface area (Å²) >= 11 is 0. The first-order valence-corrected chi connectivity index (χ1v) is 9.61. The lowest BCUT2D eigenvalue weighted by molar-refractivity contribution is 0.210. The van der Waals surface area contributed by atoms with Gasteiger partial charge in [0.2, 0.25) is 0 Å². The van der Waals surface area contributed by atoms with E-state index in [2.05, 4.69) is 13.8 Å². The number of rotatable bonds is 5. The number of halogens is 2. The van der Waals surface area contributed by atoms with Crippen LogP contribution in [0.2, 0.25) is 0 Å². The predicted molar refractivity (Wildman–Crippen MR) is 100 cm³/mol. The van der Waals surface area contributed by atoms with Crippen LogP contribution in [0, 0.1) is 29.4 Å². The Hall–Kier alpha value is -1.70. The molecule has 2 aromatic carbocycles. The lowest BCUT2D eigenvalue weighted by Crippen LogP contribution is -2.21. The molecule has 0 N–H and O–H groups in total. The minimum absolute atomic E-state index is 0.0838. The van der Waals surface area contributed by atoms with E-state index in [1.54, 1.807) is 24.3 Å². The van der Waals surface area contributed by atoms with Gasteiger partial charge in [-0.25, -0.2) is 8.78 Å². The van der Waals surface area contributed by atoms with E-state index in [-0.39, 0.29) is 5.56 Å². The monoisotopic (exact) mass is 342 g/mol.